The first-order chi connectivity index (χ1) is 15.6. The molecule has 1 unspecified atom stereocenters. The van der Waals surface area contributed by atoms with Crippen molar-refractivity contribution in [3.63, 3.8) is 0 Å². The first kappa shape index (κ1) is 24.7. The third kappa shape index (κ3) is 6.31. The fourth-order valence-corrected chi connectivity index (χ4v) is 4.60. The zero-order valence-corrected chi connectivity index (χ0v) is 19.9. The van der Waals surface area contributed by atoms with Crippen LogP contribution in [0.4, 0.5) is 10.1 Å². The standard InChI is InChI=1S/C24H30FN3O4S/c1-16(2)17(3)26-23(29)18-12-14-28(15-13-18)24(30)19-4-8-21(9-5-19)27-33(31,32)22-10-6-20(25)7-11-22/h4-11,16-18,27H,12-15H2,1-3H3,(H,26,29). The van der Waals surface area contributed by atoms with Gasteiger partial charge in [0.05, 0.1) is 4.90 Å². The van der Waals surface area contributed by atoms with Gasteiger partial charge in [0, 0.05) is 36.3 Å². The van der Waals surface area contributed by atoms with Gasteiger partial charge < -0.3 is 10.2 Å². The van der Waals surface area contributed by atoms with Gasteiger partial charge in [0.1, 0.15) is 5.82 Å². The van der Waals surface area contributed by atoms with Crippen molar-refractivity contribution >= 4 is 27.5 Å². The molecule has 1 fully saturated rings. The molecule has 0 saturated carbocycles. The Labute approximate surface area is 194 Å². The average molecular weight is 476 g/mol. The molecule has 1 heterocycles. The number of hydrogen-bond donors (Lipinski definition) is 2. The number of halogens is 1. The summed E-state index contributed by atoms with van der Waals surface area (Å²) in [6, 6.07) is 10.8. The molecule has 0 spiro atoms. The number of hydrogen-bond acceptors (Lipinski definition) is 4. The predicted octanol–water partition coefficient (Wildman–Crippen LogP) is 3.64. The topological polar surface area (TPSA) is 95.6 Å². The lowest BCUT2D eigenvalue weighted by molar-refractivity contribution is -0.127. The molecule has 7 nitrogen and oxygen atoms in total. The van der Waals surface area contributed by atoms with E-state index in [0.29, 0.717) is 43.1 Å². The number of anilines is 1. The van der Waals surface area contributed by atoms with Crippen molar-refractivity contribution in [3.05, 3.63) is 59.9 Å². The van der Waals surface area contributed by atoms with Gasteiger partial charge in [-0.05, 0) is 74.2 Å². The predicted molar refractivity (Wildman–Crippen MR) is 125 cm³/mol. The molecule has 2 N–H and O–H groups in total. The number of benzene rings is 2. The van der Waals surface area contributed by atoms with Crippen LogP contribution in [0.5, 0.6) is 0 Å². The Balaban J connectivity index is 1.56. The van der Waals surface area contributed by atoms with Crippen LogP contribution in [-0.4, -0.2) is 44.3 Å². The van der Waals surface area contributed by atoms with Gasteiger partial charge in [-0.2, -0.15) is 0 Å². The van der Waals surface area contributed by atoms with E-state index < -0.39 is 15.8 Å². The number of likely N-dealkylation sites (tertiary alicyclic amines) is 1. The van der Waals surface area contributed by atoms with E-state index in [4.69, 9.17) is 0 Å². The summed E-state index contributed by atoms with van der Waals surface area (Å²) < 4.78 is 40.3. The average Bonchev–Trinajstić information content (AvgIpc) is 2.79. The van der Waals surface area contributed by atoms with Crippen LogP contribution in [0.2, 0.25) is 0 Å². The Morgan fingerprint density at radius 3 is 2.09 bits per heavy atom. The van der Waals surface area contributed by atoms with Crippen molar-refractivity contribution in [2.45, 2.75) is 44.6 Å². The molecule has 1 aliphatic rings. The molecule has 3 rings (SSSR count). The van der Waals surface area contributed by atoms with Gasteiger partial charge in [0.25, 0.3) is 15.9 Å². The summed E-state index contributed by atoms with van der Waals surface area (Å²) in [7, 11) is -3.86. The van der Waals surface area contributed by atoms with Gasteiger partial charge in [-0.1, -0.05) is 13.8 Å². The highest BCUT2D eigenvalue weighted by atomic mass is 32.2. The molecule has 9 heteroatoms. The smallest absolute Gasteiger partial charge is 0.261 e. The Morgan fingerprint density at radius 2 is 1.55 bits per heavy atom. The second-order valence-corrected chi connectivity index (χ2v) is 10.4. The molecule has 33 heavy (non-hydrogen) atoms. The number of piperidine rings is 1. The SMILES string of the molecule is CC(C)C(C)NC(=O)C1CCN(C(=O)c2ccc(NS(=O)(=O)c3ccc(F)cc3)cc2)CC1. The summed E-state index contributed by atoms with van der Waals surface area (Å²) in [4.78, 5) is 26.9. The highest BCUT2D eigenvalue weighted by Crippen LogP contribution is 2.22. The van der Waals surface area contributed by atoms with Crippen LogP contribution in [0, 0.1) is 17.7 Å². The third-order valence-electron chi connectivity index (χ3n) is 6.03. The van der Waals surface area contributed by atoms with Gasteiger partial charge in [-0.3, -0.25) is 14.3 Å². The monoisotopic (exact) mass is 475 g/mol. The quantitative estimate of drug-likeness (QED) is 0.639. The Kier molecular flexibility index (Phi) is 7.73. The summed E-state index contributed by atoms with van der Waals surface area (Å²) in [5.41, 5.74) is 0.738. The van der Waals surface area contributed by atoms with Crippen LogP contribution in [0.3, 0.4) is 0 Å². The maximum absolute atomic E-state index is 13.0. The van der Waals surface area contributed by atoms with E-state index in [-0.39, 0.29) is 28.7 Å². The van der Waals surface area contributed by atoms with Crippen LogP contribution >= 0.6 is 0 Å². The zero-order valence-electron chi connectivity index (χ0n) is 19.0. The molecule has 2 aromatic carbocycles. The van der Waals surface area contributed by atoms with Gasteiger partial charge >= 0.3 is 0 Å². The first-order valence-corrected chi connectivity index (χ1v) is 12.5. The molecular formula is C24H30FN3O4S. The van der Waals surface area contributed by atoms with E-state index >= 15 is 0 Å². The van der Waals surface area contributed by atoms with E-state index in [1.54, 1.807) is 17.0 Å². The molecule has 0 bridgehead atoms. The molecule has 2 aromatic rings. The fourth-order valence-electron chi connectivity index (χ4n) is 3.54. The summed E-state index contributed by atoms with van der Waals surface area (Å²) in [5, 5.41) is 3.05. The van der Waals surface area contributed by atoms with Crippen molar-refractivity contribution in [1.29, 1.82) is 0 Å². The molecule has 0 aliphatic carbocycles. The fraction of sp³-hybridized carbons (Fsp3) is 0.417. The second-order valence-electron chi connectivity index (χ2n) is 8.74. The molecule has 1 atom stereocenters. The molecule has 0 aromatic heterocycles. The molecule has 1 saturated heterocycles. The zero-order chi connectivity index (χ0) is 24.2. The minimum Gasteiger partial charge on any atom is -0.353 e. The minimum atomic E-state index is -3.86. The van der Waals surface area contributed by atoms with Gasteiger partial charge in [0.15, 0.2) is 0 Å². The minimum absolute atomic E-state index is 0.0427. The van der Waals surface area contributed by atoms with E-state index in [2.05, 4.69) is 23.9 Å². The van der Waals surface area contributed by atoms with Crippen LogP contribution in [0.25, 0.3) is 0 Å². The van der Waals surface area contributed by atoms with E-state index in [0.717, 1.165) is 12.1 Å². The molecule has 178 valence electrons. The summed E-state index contributed by atoms with van der Waals surface area (Å²) in [6.07, 6.45) is 1.22. The first-order valence-electron chi connectivity index (χ1n) is 11.0. The number of nitrogens with one attached hydrogen (secondary N) is 2. The van der Waals surface area contributed by atoms with Gasteiger partial charge in [-0.25, -0.2) is 12.8 Å². The third-order valence-corrected chi connectivity index (χ3v) is 7.43. The molecule has 1 aliphatic heterocycles. The summed E-state index contributed by atoms with van der Waals surface area (Å²) >= 11 is 0. The number of nitrogens with zero attached hydrogens (tertiary/aromatic N) is 1. The van der Waals surface area contributed by atoms with Crippen LogP contribution < -0.4 is 10.0 Å². The lowest BCUT2D eigenvalue weighted by Gasteiger charge is -2.32. The Hall–Kier alpha value is -2.94. The highest BCUT2D eigenvalue weighted by molar-refractivity contribution is 7.92. The second kappa shape index (κ2) is 10.3. The molecular weight excluding hydrogens is 445 g/mol. The lowest BCUT2D eigenvalue weighted by Crippen LogP contribution is -2.45. The number of sulfonamides is 1. The van der Waals surface area contributed by atoms with Crippen LogP contribution in [0.15, 0.2) is 53.4 Å². The highest BCUT2D eigenvalue weighted by Gasteiger charge is 2.28. The summed E-state index contributed by atoms with van der Waals surface area (Å²) in [6.45, 7) is 7.10. The molecule has 2 amide bonds. The van der Waals surface area contributed by atoms with E-state index in [1.165, 1.54) is 24.3 Å². The van der Waals surface area contributed by atoms with Crippen molar-refractivity contribution in [3.8, 4) is 0 Å². The largest absolute Gasteiger partial charge is 0.353 e. The normalized spacial score (nSPS) is 15.8. The number of rotatable bonds is 7. The van der Waals surface area contributed by atoms with E-state index in [1.807, 2.05) is 6.92 Å². The van der Waals surface area contributed by atoms with Crippen molar-refractivity contribution in [2.24, 2.45) is 11.8 Å². The van der Waals surface area contributed by atoms with Crippen molar-refractivity contribution < 1.29 is 22.4 Å². The number of amides is 2. The maximum atomic E-state index is 13.0. The van der Waals surface area contributed by atoms with Crippen molar-refractivity contribution in [1.82, 2.24) is 10.2 Å². The number of carbonyl (C=O) groups is 2. The molecule has 0 radical (unpaired) electrons. The Bertz CT molecular complexity index is 1080. The van der Waals surface area contributed by atoms with Gasteiger partial charge in [-0.15, -0.1) is 0 Å². The van der Waals surface area contributed by atoms with Crippen LogP contribution in [-0.2, 0) is 14.8 Å². The lowest BCUT2D eigenvalue weighted by atomic mass is 9.94. The number of carbonyl (C=O) groups excluding carboxylic acids is 2. The van der Waals surface area contributed by atoms with E-state index in [9.17, 15) is 22.4 Å². The van der Waals surface area contributed by atoms with Crippen LogP contribution in [0.1, 0.15) is 44.0 Å². The van der Waals surface area contributed by atoms with Gasteiger partial charge in [0.2, 0.25) is 5.91 Å². The van der Waals surface area contributed by atoms with Crippen molar-refractivity contribution in [2.75, 3.05) is 17.8 Å². The maximum Gasteiger partial charge on any atom is 0.261 e. The Morgan fingerprint density at radius 1 is 0.970 bits per heavy atom. The summed E-state index contributed by atoms with van der Waals surface area (Å²) in [5.74, 6) is -0.373.